The molecule has 156 valence electrons. The number of carbonyl (C=O) groups excluding carboxylic acids is 2. The summed E-state index contributed by atoms with van der Waals surface area (Å²) >= 11 is 0. The largest absolute Gasteiger partial charge is 0.496 e. The van der Waals surface area contributed by atoms with E-state index in [1.165, 1.54) is 31.4 Å². The van der Waals surface area contributed by atoms with Crippen LogP contribution < -0.4 is 20.9 Å². The summed E-state index contributed by atoms with van der Waals surface area (Å²) in [5.74, 6) is -2.91. The summed E-state index contributed by atoms with van der Waals surface area (Å²) in [6.45, 7) is 1.66. The predicted octanol–water partition coefficient (Wildman–Crippen LogP) is 2.78. The van der Waals surface area contributed by atoms with Gasteiger partial charge in [-0.3, -0.25) is 4.79 Å². The van der Waals surface area contributed by atoms with Crippen molar-refractivity contribution in [3.63, 3.8) is 0 Å². The molecule has 0 aromatic heterocycles. The molecule has 0 radical (unpaired) electrons. The lowest BCUT2D eigenvalue weighted by atomic mass is 10.1. The number of aryl methyl sites for hydroxylation is 1. The number of alkyl halides is 3. The molecule has 0 saturated heterocycles. The first-order chi connectivity index (χ1) is 13.7. The third-order valence-corrected chi connectivity index (χ3v) is 4.10. The van der Waals surface area contributed by atoms with Crippen LogP contribution in [-0.2, 0) is 9.53 Å². The van der Waals surface area contributed by atoms with Crippen LogP contribution in [-0.4, -0.2) is 37.9 Å². The van der Waals surface area contributed by atoms with E-state index >= 15 is 0 Å². The molecule has 0 heterocycles. The van der Waals surface area contributed by atoms with Gasteiger partial charge in [-0.2, -0.15) is 18.6 Å². The smallest absolute Gasteiger partial charge is 0.438 e. The molecule has 1 atom stereocenters. The molecular weight excluding hydrogens is 391 g/mol. The molecule has 10 heteroatoms. The number of anilines is 1. The van der Waals surface area contributed by atoms with E-state index in [9.17, 15) is 22.8 Å². The predicted molar refractivity (Wildman–Crippen MR) is 99.2 cm³/mol. The Hall–Kier alpha value is -3.27. The van der Waals surface area contributed by atoms with Crippen LogP contribution in [0, 0.1) is 6.92 Å². The summed E-state index contributed by atoms with van der Waals surface area (Å²) in [4.78, 5) is 24.8. The Morgan fingerprint density at radius 1 is 0.966 bits per heavy atom. The molecule has 1 amide bonds. The Morgan fingerprint density at radius 3 is 2.17 bits per heavy atom. The van der Waals surface area contributed by atoms with Gasteiger partial charge in [-0.25, -0.2) is 4.79 Å². The fourth-order valence-electron chi connectivity index (χ4n) is 2.49. The number of benzene rings is 2. The van der Waals surface area contributed by atoms with Gasteiger partial charge < -0.3 is 20.2 Å². The molecule has 2 aromatic carbocycles. The SMILES string of the molecule is COC(=O)C(NNc1ccccc1C)(NC(=O)c1ccccc1OC)C(F)(F)F. The highest BCUT2D eigenvalue weighted by atomic mass is 19.4. The molecule has 0 spiro atoms. The second-order valence-corrected chi connectivity index (χ2v) is 5.96. The normalized spacial score (nSPS) is 13.2. The van der Waals surface area contributed by atoms with E-state index in [-0.39, 0.29) is 17.0 Å². The second kappa shape index (κ2) is 8.82. The molecule has 0 aliphatic carbocycles. The van der Waals surface area contributed by atoms with Crippen molar-refractivity contribution in [3.05, 3.63) is 59.7 Å². The van der Waals surface area contributed by atoms with Gasteiger partial charge in [0.05, 0.1) is 25.5 Å². The number of ether oxygens (including phenoxy) is 2. The number of amides is 1. The first kappa shape index (κ1) is 22.0. The van der Waals surface area contributed by atoms with Gasteiger partial charge in [-0.1, -0.05) is 30.3 Å². The van der Waals surface area contributed by atoms with E-state index in [0.717, 1.165) is 7.11 Å². The minimum Gasteiger partial charge on any atom is -0.496 e. The average molecular weight is 411 g/mol. The summed E-state index contributed by atoms with van der Waals surface area (Å²) < 4.78 is 51.4. The van der Waals surface area contributed by atoms with Gasteiger partial charge in [-0.15, -0.1) is 0 Å². The van der Waals surface area contributed by atoms with Crippen LogP contribution in [0.15, 0.2) is 48.5 Å². The van der Waals surface area contributed by atoms with Crippen molar-refractivity contribution in [2.75, 3.05) is 19.6 Å². The summed E-state index contributed by atoms with van der Waals surface area (Å²) in [6, 6.07) is 12.1. The zero-order valence-electron chi connectivity index (χ0n) is 15.9. The Kier molecular flexibility index (Phi) is 6.70. The highest BCUT2D eigenvalue weighted by Gasteiger charge is 2.63. The zero-order chi connectivity index (χ0) is 21.7. The van der Waals surface area contributed by atoms with Crippen LogP contribution in [0.25, 0.3) is 0 Å². The molecule has 0 aliphatic heterocycles. The number of hydrogen-bond donors (Lipinski definition) is 3. The van der Waals surface area contributed by atoms with Crippen molar-refractivity contribution in [1.29, 1.82) is 0 Å². The number of carbonyl (C=O) groups is 2. The number of hydrogen-bond acceptors (Lipinski definition) is 6. The maximum atomic E-state index is 14.0. The average Bonchev–Trinajstić information content (AvgIpc) is 2.70. The monoisotopic (exact) mass is 411 g/mol. The van der Waals surface area contributed by atoms with Crippen molar-refractivity contribution in [1.82, 2.24) is 10.7 Å². The Balaban J connectivity index is 2.44. The third-order valence-electron chi connectivity index (χ3n) is 4.10. The number of rotatable bonds is 7. The topological polar surface area (TPSA) is 88.7 Å². The molecule has 3 N–H and O–H groups in total. The first-order valence-electron chi connectivity index (χ1n) is 8.35. The summed E-state index contributed by atoms with van der Waals surface area (Å²) in [5.41, 5.74) is 1.37. The highest BCUT2D eigenvalue weighted by molar-refractivity contribution is 6.00. The van der Waals surface area contributed by atoms with Crippen molar-refractivity contribution >= 4 is 17.6 Å². The van der Waals surface area contributed by atoms with E-state index in [1.807, 2.05) is 5.43 Å². The molecule has 2 aromatic rings. The lowest BCUT2D eigenvalue weighted by Gasteiger charge is -2.35. The molecular formula is C19H20F3N3O4. The van der Waals surface area contributed by atoms with Crippen molar-refractivity contribution in [3.8, 4) is 5.75 Å². The zero-order valence-corrected chi connectivity index (χ0v) is 15.9. The minimum atomic E-state index is -5.26. The molecule has 29 heavy (non-hydrogen) atoms. The van der Waals surface area contributed by atoms with Crippen LogP contribution in [0.5, 0.6) is 5.75 Å². The van der Waals surface area contributed by atoms with Crippen molar-refractivity contribution in [2.24, 2.45) is 0 Å². The van der Waals surface area contributed by atoms with E-state index in [0.29, 0.717) is 5.56 Å². The van der Waals surface area contributed by atoms with Gasteiger partial charge in [0, 0.05) is 0 Å². The molecule has 0 aliphatic rings. The van der Waals surface area contributed by atoms with Gasteiger partial charge in [-0.05, 0) is 30.7 Å². The number of hydrazine groups is 1. The summed E-state index contributed by atoms with van der Waals surface area (Å²) in [6.07, 6.45) is -5.26. The minimum absolute atomic E-state index is 0.0396. The van der Waals surface area contributed by atoms with Crippen LogP contribution in [0.2, 0.25) is 0 Å². The standard InChI is InChI=1S/C19H20F3N3O4/c1-12-8-4-6-10-14(12)24-25-18(17(27)29-3,19(20,21)22)23-16(26)13-9-5-7-11-15(13)28-2/h4-11,24-25H,1-3H3,(H,23,26). The maximum absolute atomic E-state index is 14.0. The third kappa shape index (κ3) is 4.60. The second-order valence-electron chi connectivity index (χ2n) is 5.96. The van der Waals surface area contributed by atoms with Gasteiger partial charge in [0.15, 0.2) is 0 Å². The first-order valence-corrected chi connectivity index (χ1v) is 8.35. The Morgan fingerprint density at radius 2 is 1.59 bits per heavy atom. The van der Waals surface area contributed by atoms with Crippen LogP contribution >= 0.6 is 0 Å². The highest BCUT2D eigenvalue weighted by Crippen LogP contribution is 2.31. The lowest BCUT2D eigenvalue weighted by molar-refractivity contribution is -0.215. The van der Waals surface area contributed by atoms with Crippen LogP contribution in [0.3, 0.4) is 0 Å². The quantitative estimate of drug-likeness (QED) is 0.369. The number of esters is 1. The maximum Gasteiger partial charge on any atom is 0.438 e. The number of methoxy groups -OCH3 is 2. The molecule has 1 unspecified atom stereocenters. The summed E-state index contributed by atoms with van der Waals surface area (Å²) in [5, 5.41) is 1.71. The molecule has 7 nitrogen and oxygen atoms in total. The van der Waals surface area contributed by atoms with E-state index in [1.54, 1.807) is 36.5 Å². The van der Waals surface area contributed by atoms with E-state index in [4.69, 9.17) is 4.74 Å². The van der Waals surface area contributed by atoms with Crippen molar-refractivity contribution < 1.29 is 32.2 Å². The van der Waals surface area contributed by atoms with E-state index in [2.05, 4.69) is 10.2 Å². The summed E-state index contributed by atoms with van der Waals surface area (Å²) in [7, 11) is 2.05. The van der Waals surface area contributed by atoms with Gasteiger partial charge in [0.2, 0.25) is 0 Å². The molecule has 2 rings (SSSR count). The molecule has 0 saturated carbocycles. The number of halogens is 3. The van der Waals surface area contributed by atoms with Gasteiger partial charge >= 0.3 is 17.8 Å². The lowest BCUT2D eigenvalue weighted by Crippen LogP contribution is -2.73. The molecule has 0 fully saturated rings. The number of para-hydroxylation sites is 2. The van der Waals surface area contributed by atoms with Crippen LogP contribution in [0.1, 0.15) is 15.9 Å². The van der Waals surface area contributed by atoms with Crippen molar-refractivity contribution in [2.45, 2.75) is 18.8 Å². The Bertz CT molecular complexity index is 889. The van der Waals surface area contributed by atoms with Gasteiger partial charge in [0.25, 0.3) is 5.91 Å². The van der Waals surface area contributed by atoms with Crippen LogP contribution in [0.4, 0.5) is 18.9 Å². The fourth-order valence-corrected chi connectivity index (χ4v) is 2.49. The number of nitrogens with one attached hydrogen (secondary N) is 3. The Labute approximate surface area is 165 Å². The molecule has 0 bridgehead atoms. The van der Waals surface area contributed by atoms with Gasteiger partial charge in [0.1, 0.15) is 5.75 Å². The fraction of sp³-hybridized carbons (Fsp3) is 0.263. The van der Waals surface area contributed by atoms with E-state index < -0.39 is 23.7 Å².